The number of carbonyl (C=O) groups excluding carboxylic acids is 2. The number of nitrogens with one attached hydrogen (secondary N) is 1. The molecule has 164 valence electrons. The number of halogens is 1. The van der Waals surface area contributed by atoms with E-state index in [1.165, 1.54) is 6.92 Å². The van der Waals surface area contributed by atoms with Gasteiger partial charge in [-0.25, -0.2) is 9.78 Å². The third-order valence-corrected chi connectivity index (χ3v) is 3.76. The zero-order valence-electron chi connectivity index (χ0n) is 18.0. The lowest BCUT2D eigenvalue weighted by Crippen LogP contribution is -2.41. The zero-order chi connectivity index (χ0) is 22.5. The van der Waals surface area contributed by atoms with Crippen molar-refractivity contribution in [3.05, 3.63) is 29.7 Å². The van der Waals surface area contributed by atoms with Crippen molar-refractivity contribution in [3.63, 3.8) is 0 Å². The summed E-state index contributed by atoms with van der Waals surface area (Å²) in [6.45, 7) is 11.3. The molecule has 0 unspecified atom stereocenters. The van der Waals surface area contributed by atoms with Gasteiger partial charge in [0.15, 0.2) is 29.1 Å². The molecule has 0 fully saturated rings. The molecular weight excluding hydrogens is 395 g/mol. The Kier molecular flexibility index (Phi) is 7.42. The van der Waals surface area contributed by atoms with E-state index >= 15 is 0 Å². The maximum absolute atomic E-state index is 13.6. The maximum Gasteiger partial charge on any atom is 0.408 e. The lowest BCUT2D eigenvalue weighted by atomic mass is 10.1. The Balaban J connectivity index is 2.36. The zero-order valence-corrected chi connectivity index (χ0v) is 18.0. The van der Waals surface area contributed by atoms with E-state index in [2.05, 4.69) is 10.3 Å². The molecule has 1 aromatic carbocycles. The van der Waals surface area contributed by atoms with Crippen LogP contribution in [0.2, 0.25) is 0 Å². The van der Waals surface area contributed by atoms with Crippen LogP contribution in [0, 0.1) is 0 Å². The van der Waals surface area contributed by atoms with E-state index in [0.717, 1.165) is 0 Å². The van der Waals surface area contributed by atoms with Gasteiger partial charge in [0.25, 0.3) is 0 Å². The summed E-state index contributed by atoms with van der Waals surface area (Å²) < 4.78 is 35.5. The van der Waals surface area contributed by atoms with Crippen molar-refractivity contribution in [2.24, 2.45) is 0 Å². The molecule has 0 aliphatic carbocycles. The molecule has 1 N–H and O–H groups in total. The van der Waals surface area contributed by atoms with Crippen molar-refractivity contribution in [1.82, 2.24) is 10.3 Å². The van der Waals surface area contributed by atoms with Crippen molar-refractivity contribution in [2.45, 2.75) is 53.2 Å². The quantitative estimate of drug-likeness (QED) is 0.608. The minimum atomic E-state index is -1.79. The summed E-state index contributed by atoms with van der Waals surface area (Å²) in [6, 6.07) is 3.14. The third kappa shape index (κ3) is 5.95. The second-order valence-electron chi connectivity index (χ2n) is 7.46. The van der Waals surface area contributed by atoms with Crippen LogP contribution in [0.5, 0.6) is 11.5 Å². The van der Waals surface area contributed by atoms with Crippen LogP contribution in [0.15, 0.2) is 22.6 Å². The average Bonchev–Trinajstić information content (AvgIpc) is 3.08. The van der Waals surface area contributed by atoms with Gasteiger partial charge >= 0.3 is 12.1 Å². The van der Waals surface area contributed by atoms with Crippen LogP contribution < -0.4 is 14.8 Å². The van der Waals surface area contributed by atoms with Crippen molar-refractivity contribution < 1.29 is 32.6 Å². The molecule has 0 radical (unpaired) electrons. The van der Waals surface area contributed by atoms with Crippen molar-refractivity contribution >= 4 is 12.1 Å². The molecule has 0 saturated carbocycles. The van der Waals surface area contributed by atoms with Gasteiger partial charge in [-0.05, 0) is 59.7 Å². The predicted molar refractivity (Wildman–Crippen MR) is 108 cm³/mol. The van der Waals surface area contributed by atoms with E-state index in [4.69, 9.17) is 18.6 Å². The van der Waals surface area contributed by atoms with Crippen LogP contribution >= 0.6 is 0 Å². The van der Waals surface area contributed by atoms with Gasteiger partial charge in [0, 0.05) is 11.1 Å². The summed E-state index contributed by atoms with van der Waals surface area (Å²) in [4.78, 5) is 27.4. The van der Waals surface area contributed by atoms with E-state index in [1.54, 1.807) is 39.0 Å². The molecule has 1 aromatic heterocycles. The molecule has 2 rings (SSSR count). The number of rotatable bonds is 8. The molecule has 0 bridgehead atoms. The van der Waals surface area contributed by atoms with E-state index in [9.17, 15) is 14.0 Å². The number of alkyl carbamates (subject to hydrolysis) is 1. The van der Waals surface area contributed by atoms with Gasteiger partial charge in [-0.2, -0.15) is 4.39 Å². The Morgan fingerprint density at radius 3 is 2.37 bits per heavy atom. The molecule has 1 heterocycles. The van der Waals surface area contributed by atoms with E-state index < -0.39 is 29.5 Å². The first kappa shape index (κ1) is 23.2. The number of ether oxygens (including phenoxy) is 3. The first-order valence-corrected chi connectivity index (χ1v) is 9.65. The highest BCUT2D eigenvalue weighted by Gasteiger charge is 2.28. The lowest BCUT2D eigenvalue weighted by Gasteiger charge is -2.21. The van der Waals surface area contributed by atoms with Crippen LogP contribution in [0.1, 0.15) is 63.9 Å². The number of nitrogens with zero attached hydrogens (tertiary/aromatic N) is 1. The number of benzene rings is 1. The molecule has 1 amide bonds. The molecule has 0 saturated heterocycles. The fourth-order valence-corrected chi connectivity index (χ4v) is 2.61. The normalized spacial score (nSPS) is 12.2. The molecule has 8 nitrogen and oxygen atoms in total. The van der Waals surface area contributed by atoms with Gasteiger partial charge in [-0.1, -0.05) is 0 Å². The highest BCUT2D eigenvalue weighted by atomic mass is 19.1. The minimum Gasteiger partial charge on any atom is -0.490 e. The molecule has 0 aliphatic heterocycles. The fourth-order valence-electron chi connectivity index (χ4n) is 2.61. The number of amides is 1. The Labute approximate surface area is 174 Å². The van der Waals surface area contributed by atoms with Crippen LogP contribution in [0.25, 0.3) is 11.5 Å². The van der Waals surface area contributed by atoms with E-state index in [1.807, 2.05) is 13.8 Å². The summed E-state index contributed by atoms with van der Waals surface area (Å²) in [5, 5.41) is 2.61. The average molecular weight is 422 g/mol. The molecule has 2 aromatic rings. The maximum atomic E-state index is 13.6. The molecular formula is C21H27FN2O6. The summed E-state index contributed by atoms with van der Waals surface area (Å²) in [7, 11) is 0. The van der Waals surface area contributed by atoms with Gasteiger partial charge in [0.1, 0.15) is 0 Å². The predicted octanol–water partition coefficient (Wildman–Crippen LogP) is 4.83. The molecule has 1 atom stereocenters. The van der Waals surface area contributed by atoms with E-state index in [-0.39, 0.29) is 11.7 Å². The standard InChI is InChI=1S/C21H27FN2O6/c1-7-27-14-10-9-13(11-15(14)28-8-2)19-23-16(18(22)25)17(30-19)12(3)29-20(26)24-21(4,5)6/h9-12H,7-8H2,1-6H3,(H,24,26)/t12-/m0/s1. The minimum absolute atomic E-state index is 0.0123. The summed E-state index contributed by atoms with van der Waals surface area (Å²) in [5.41, 5.74) is -0.630. The largest absolute Gasteiger partial charge is 0.490 e. The summed E-state index contributed by atoms with van der Waals surface area (Å²) in [5.74, 6) is 0.792. The first-order chi connectivity index (χ1) is 14.1. The second kappa shape index (κ2) is 9.60. The molecule has 9 heteroatoms. The van der Waals surface area contributed by atoms with Crippen LogP contribution in [-0.4, -0.2) is 35.9 Å². The van der Waals surface area contributed by atoms with Gasteiger partial charge in [-0.3, -0.25) is 4.79 Å². The van der Waals surface area contributed by atoms with Crippen molar-refractivity contribution in [2.75, 3.05) is 13.2 Å². The number of oxazole rings is 1. The number of hydrogen-bond acceptors (Lipinski definition) is 7. The third-order valence-electron chi connectivity index (χ3n) is 3.76. The Hall–Kier alpha value is -3.10. The van der Waals surface area contributed by atoms with Gasteiger partial charge in [-0.15, -0.1) is 0 Å². The molecule has 0 spiro atoms. The number of hydrogen-bond donors (Lipinski definition) is 1. The Morgan fingerprint density at radius 2 is 1.80 bits per heavy atom. The Bertz CT molecular complexity index is 903. The molecule has 0 aliphatic rings. The SMILES string of the molecule is CCOc1ccc(-c2nc(C(=O)F)c([C@H](C)OC(=O)NC(C)(C)C)o2)cc1OCC. The van der Waals surface area contributed by atoms with Crippen LogP contribution in [0.4, 0.5) is 9.18 Å². The van der Waals surface area contributed by atoms with Crippen molar-refractivity contribution in [3.8, 4) is 23.0 Å². The van der Waals surface area contributed by atoms with Crippen LogP contribution in [-0.2, 0) is 4.74 Å². The summed E-state index contributed by atoms with van der Waals surface area (Å²) in [6.07, 6.45) is -1.78. The van der Waals surface area contributed by atoms with Crippen molar-refractivity contribution in [1.29, 1.82) is 0 Å². The van der Waals surface area contributed by atoms with Gasteiger partial charge in [0.2, 0.25) is 5.89 Å². The van der Waals surface area contributed by atoms with Gasteiger partial charge < -0.3 is 23.9 Å². The van der Waals surface area contributed by atoms with Gasteiger partial charge in [0.05, 0.1) is 13.2 Å². The monoisotopic (exact) mass is 422 g/mol. The van der Waals surface area contributed by atoms with E-state index in [0.29, 0.717) is 30.3 Å². The number of carbonyl (C=O) groups is 2. The topological polar surface area (TPSA) is 99.9 Å². The smallest absolute Gasteiger partial charge is 0.408 e. The highest BCUT2D eigenvalue weighted by Crippen LogP contribution is 2.35. The summed E-state index contributed by atoms with van der Waals surface area (Å²) >= 11 is 0. The Morgan fingerprint density at radius 1 is 1.17 bits per heavy atom. The first-order valence-electron chi connectivity index (χ1n) is 9.65. The second-order valence-corrected chi connectivity index (χ2v) is 7.46. The lowest BCUT2D eigenvalue weighted by molar-refractivity contribution is 0.0777. The fraction of sp³-hybridized carbons (Fsp3) is 0.476. The number of aromatic nitrogens is 1. The molecule has 30 heavy (non-hydrogen) atoms. The highest BCUT2D eigenvalue weighted by molar-refractivity contribution is 5.88. The van der Waals surface area contributed by atoms with Crippen LogP contribution in [0.3, 0.4) is 0 Å².